The number of nitrogens with zero attached hydrogens (tertiary/aromatic N) is 3. The van der Waals surface area contributed by atoms with E-state index in [2.05, 4.69) is 43.3 Å². The van der Waals surface area contributed by atoms with Gasteiger partial charge in [-0.15, -0.1) is 23.5 Å². The van der Waals surface area contributed by atoms with Crippen LogP contribution in [0.2, 0.25) is 0 Å². The Morgan fingerprint density at radius 3 is 2.00 bits per heavy atom. The third kappa shape index (κ3) is 3.01. The van der Waals surface area contributed by atoms with Crippen LogP contribution in [-0.2, 0) is 0 Å². The first-order chi connectivity index (χ1) is 5.93. The summed E-state index contributed by atoms with van der Waals surface area (Å²) in [6, 6.07) is 0. The first-order valence-corrected chi connectivity index (χ1v) is 6.49. The van der Waals surface area contributed by atoms with Crippen molar-refractivity contribution in [2.75, 3.05) is 19.1 Å². The van der Waals surface area contributed by atoms with Gasteiger partial charge in [0.2, 0.25) is 0 Å². The van der Waals surface area contributed by atoms with Crippen molar-refractivity contribution >= 4 is 23.5 Å². The summed E-state index contributed by atoms with van der Waals surface area (Å²) in [5, 5.41) is 3.66. The van der Waals surface area contributed by atoms with E-state index in [4.69, 9.17) is 5.53 Å². The van der Waals surface area contributed by atoms with Gasteiger partial charge in [-0.1, -0.05) is 19.0 Å². The Kier molecular flexibility index (Phi) is 5.04. The highest BCUT2D eigenvalue weighted by molar-refractivity contribution is 8.17. The molecule has 0 aliphatic heterocycles. The zero-order chi connectivity index (χ0) is 10.5. The topological polar surface area (TPSA) is 48.8 Å². The molecule has 76 valence electrons. The van der Waals surface area contributed by atoms with Crippen molar-refractivity contribution in [2.45, 2.75) is 24.9 Å². The van der Waals surface area contributed by atoms with Gasteiger partial charge in [-0.2, -0.15) is 0 Å². The van der Waals surface area contributed by atoms with Gasteiger partial charge in [0.15, 0.2) is 0 Å². The zero-order valence-electron chi connectivity index (χ0n) is 8.87. The first kappa shape index (κ1) is 13.0. The molecule has 13 heavy (non-hydrogen) atoms. The van der Waals surface area contributed by atoms with Crippen molar-refractivity contribution < 1.29 is 0 Å². The maximum absolute atomic E-state index is 8.29. The summed E-state index contributed by atoms with van der Waals surface area (Å²) >= 11 is 3.62. The highest BCUT2D eigenvalue weighted by Gasteiger charge is 2.39. The fourth-order valence-electron chi connectivity index (χ4n) is 0.988. The van der Waals surface area contributed by atoms with E-state index in [0.717, 1.165) is 0 Å². The van der Waals surface area contributed by atoms with Crippen molar-refractivity contribution in [3.8, 4) is 0 Å². The lowest BCUT2D eigenvalue weighted by Gasteiger charge is -2.41. The van der Waals surface area contributed by atoms with Crippen molar-refractivity contribution in [2.24, 2.45) is 10.5 Å². The number of thioether (sulfide) groups is 2. The van der Waals surface area contributed by atoms with Gasteiger partial charge >= 0.3 is 0 Å². The number of rotatable bonds is 5. The molecular weight excluding hydrogens is 202 g/mol. The van der Waals surface area contributed by atoms with Crippen LogP contribution >= 0.6 is 23.5 Å². The molecule has 0 aliphatic carbocycles. The summed E-state index contributed by atoms with van der Waals surface area (Å²) in [6.45, 7) is 7.00. The number of azide groups is 1. The van der Waals surface area contributed by atoms with Crippen LogP contribution < -0.4 is 0 Å². The Labute approximate surface area is 88.7 Å². The Morgan fingerprint density at radius 1 is 1.23 bits per heavy atom. The zero-order valence-corrected chi connectivity index (χ0v) is 10.5. The third-order valence-electron chi connectivity index (χ3n) is 2.54. The Morgan fingerprint density at radius 2 is 1.69 bits per heavy atom. The molecule has 0 amide bonds. The predicted octanol–water partition coefficient (Wildman–Crippen LogP) is 3.77. The molecule has 0 rings (SSSR count). The van der Waals surface area contributed by atoms with Crippen molar-refractivity contribution in [1.82, 2.24) is 0 Å². The molecule has 3 nitrogen and oxygen atoms in total. The van der Waals surface area contributed by atoms with Crippen LogP contribution in [0.1, 0.15) is 20.8 Å². The van der Waals surface area contributed by atoms with E-state index in [0.29, 0.717) is 6.54 Å². The second-order valence-corrected chi connectivity index (χ2v) is 6.33. The highest BCUT2D eigenvalue weighted by atomic mass is 32.2. The van der Waals surface area contributed by atoms with Crippen LogP contribution in [0, 0.1) is 5.41 Å². The molecule has 0 radical (unpaired) electrons. The molecule has 0 spiro atoms. The molecular formula is C8H17N3S2. The second kappa shape index (κ2) is 5.03. The van der Waals surface area contributed by atoms with Gasteiger partial charge in [0.05, 0.1) is 4.08 Å². The van der Waals surface area contributed by atoms with Crippen molar-refractivity contribution in [3.05, 3.63) is 10.4 Å². The van der Waals surface area contributed by atoms with Gasteiger partial charge in [0, 0.05) is 11.5 Å². The maximum atomic E-state index is 8.29. The summed E-state index contributed by atoms with van der Waals surface area (Å²) < 4.78 is 0.0984. The van der Waals surface area contributed by atoms with E-state index in [1.807, 2.05) is 23.5 Å². The van der Waals surface area contributed by atoms with Gasteiger partial charge in [-0.05, 0) is 30.4 Å². The molecule has 0 bridgehead atoms. The third-order valence-corrected chi connectivity index (χ3v) is 6.20. The molecule has 0 aromatic carbocycles. The minimum atomic E-state index is 0.0120. The summed E-state index contributed by atoms with van der Waals surface area (Å²) in [5.74, 6) is 0. The number of hydrogen-bond donors (Lipinski definition) is 0. The molecule has 0 aromatic rings. The molecule has 0 aromatic heterocycles. The quantitative estimate of drug-likeness (QED) is 0.306. The molecule has 0 N–H and O–H groups in total. The largest absolute Gasteiger partial charge is 0.147 e. The van der Waals surface area contributed by atoms with E-state index in [9.17, 15) is 0 Å². The van der Waals surface area contributed by atoms with E-state index >= 15 is 0 Å². The Hall–Kier alpha value is 0.01000. The molecule has 5 heteroatoms. The molecule has 0 fully saturated rings. The lowest BCUT2D eigenvalue weighted by Crippen LogP contribution is -2.37. The molecule has 0 heterocycles. The smallest absolute Gasteiger partial charge is 0.0629 e. The summed E-state index contributed by atoms with van der Waals surface area (Å²) in [5.41, 5.74) is 8.30. The number of hydrogen-bond acceptors (Lipinski definition) is 3. The molecule has 0 unspecified atom stereocenters. The summed E-state index contributed by atoms with van der Waals surface area (Å²) in [6.07, 6.45) is 4.18. The normalized spacial score (nSPS) is 12.4. The second-order valence-electron chi connectivity index (χ2n) is 3.63. The fourth-order valence-corrected chi connectivity index (χ4v) is 2.89. The van der Waals surface area contributed by atoms with Crippen LogP contribution in [0.3, 0.4) is 0 Å². The van der Waals surface area contributed by atoms with E-state index < -0.39 is 0 Å². The lowest BCUT2D eigenvalue weighted by atomic mass is 9.89. The fraction of sp³-hybridized carbons (Fsp3) is 1.00. The van der Waals surface area contributed by atoms with Gasteiger partial charge < -0.3 is 0 Å². The predicted molar refractivity (Wildman–Crippen MR) is 63.2 cm³/mol. The monoisotopic (exact) mass is 219 g/mol. The molecule has 0 aliphatic rings. The molecule has 0 saturated heterocycles. The lowest BCUT2D eigenvalue weighted by molar-refractivity contribution is 0.354. The van der Waals surface area contributed by atoms with Gasteiger partial charge in [-0.25, -0.2) is 0 Å². The summed E-state index contributed by atoms with van der Waals surface area (Å²) in [4.78, 5) is 2.81. The molecule has 0 atom stereocenters. The minimum Gasteiger partial charge on any atom is -0.147 e. The van der Waals surface area contributed by atoms with Crippen LogP contribution in [0.5, 0.6) is 0 Å². The SMILES string of the molecule is CSC(C)(SC)C(C)(C)CN=[N+]=[N-]. The average Bonchev–Trinajstić information content (AvgIpc) is 2.13. The Bertz CT molecular complexity index is 205. The van der Waals surface area contributed by atoms with Crippen LogP contribution in [0.4, 0.5) is 0 Å². The van der Waals surface area contributed by atoms with Gasteiger partial charge in [0.25, 0.3) is 0 Å². The van der Waals surface area contributed by atoms with Crippen molar-refractivity contribution in [1.29, 1.82) is 0 Å². The standard InChI is InChI=1S/C8H17N3S2/c1-7(2,6-10-11-9)8(3,12-4)13-5/h6H2,1-5H3. The van der Waals surface area contributed by atoms with Crippen molar-refractivity contribution in [3.63, 3.8) is 0 Å². The van der Waals surface area contributed by atoms with Crippen LogP contribution in [-0.4, -0.2) is 23.1 Å². The first-order valence-electron chi connectivity index (χ1n) is 4.04. The maximum Gasteiger partial charge on any atom is 0.0629 e. The molecule has 0 saturated carbocycles. The van der Waals surface area contributed by atoms with E-state index in [1.54, 1.807) is 0 Å². The van der Waals surface area contributed by atoms with E-state index in [-0.39, 0.29) is 9.49 Å². The minimum absolute atomic E-state index is 0.0120. The van der Waals surface area contributed by atoms with Crippen LogP contribution in [0.25, 0.3) is 10.4 Å². The highest BCUT2D eigenvalue weighted by Crippen LogP contribution is 2.48. The van der Waals surface area contributed by atoms with Gasteiger partial charge in [-0.3, -0.25) is 0 Å². The van der Waals surface area contributed by atoms with E-state index in [1.165, 1.54) is 0 Å². The van der Waals surface area contributed by atoms with Gasteiger partial charge in [0.1, 0.15) is 0 Å². The van der Waals surface area contributed by atoms with Crippen LogP contribution in [0.15, 0.2) is 5.11 Å². The Balaban J connectivity index is 4.65. The summed E-state index contributed by atoms with van der Waals surface area (Å²) in [7, 11) is 0. The average molecular weight is 219 g/mol.